The second-order valence-corrected chi connectivity index (χ2v) is 7.98. The van der Waals surface area contributed by atoms with Crippen molar-refractivity contribution in [2.75, 3.05) is 0 Å². The highest BCUT2D eigenvalue weighted by molar-refractivity contribution is 5.21. The van der Waals surface area contributed by atoms with Crippen LogP contribution in [0.4, 0.5) is 0 Å². The molecule has 3 rings (SSSR count). The third-order valence-corrected chi connectivity index (χ3v) is 5.97. The maximum Gasteiger partial charge on any atom is 0.0683 e. The van der Waals surface area contributed by atoms with E-state index < -0.39 is 23.7 Å². The fraction of sp³-hybridized carbons (Fsp3) is 0.308. The zero-order valence-corrected chi connectivity index (χ0v) is 16.9. The molecule has 0 amide bonds. The van der Waals surface area contributed by atoms with Gasteiger partial charge in [-0.05, 0) is 36.0 Å². The maximum absolute atomic E-state index is 11.2. The standard InChI is InChI=1S/C26H30O3/c1-26(23(27)17-20-11-5-2-6-12-20,24(28)18-21-13-7-3-8-14-21)25(29)19-22-15-9-4-10-16-22/h2-16,23-25,27-29H,17-19H2,1H3. The monoisotopic (exact) mass is 390 g/mol. The Balaban J connectivity index is 1.86. The van der Waals surface area contributed by atoms with Crippen molar-refractivity contribution in [2.45, 2.75) is 44.5 Å². The van der Waals surface area contributed by atoms with Crippen LogP contribution in [0.2, 0.25) is 0 Å². The van der Waals surface area contributed by atoms with Gasteiger partial charge >= 0.3 is 0 Å². The maximum atomic E-state index is 11.2. The number of hydrogen-bond acceptors (Lipinski definition) is 3. The highest BCUT2D eigenvalue weighted by Crippen LogP contribution is 2.36. The van der Waals surface area contributed by atoms with Crippen LogP contribution >= 0.6 is 0 Å². The van der Waals surface area contributed by atoms with Crippen molar-refractivity contribution in [3.05, 3.63) is 108 Å². The minimum absolute atomic E-state index is 0.370. The number of aliphatic hydroxyl groups is 3. The van der Waals surface area contributed by atoms with Gasteiger partial charge in [0, 0.05) is 5.41 Å². The summed E-state index contributed by atoms with van der Waals surface area (Å²) in [5.74, 6) is 0. The van der Waals surface area contributed by atoms with Gasteiger partial charge in [-0.25, -0.2) is 0 Å². The van der Waals surface area contributed by atoms with E-state index in [0.717, 1.165) is 16.7 Å². The van der Waals surface area contributed by atoms with Crippen LogP contribution in [0.5, 0.6) is 0 Å². The molecule has 29 heavy (non-hydrogen) atoms. The van der Waals surface area contributed by atoms with Crippen molar-refractivity contribution in [3.8, 4) is 0 Å². The first-order valence-electron chi connectivity index (χ1n) is 10.2. The molecule has 0 saturated carbocycles. The summed E-state index contributed by atoms with van der Waals surface area (Å²) in [5.41, 5.74) is 1.83. The highest BCUT2D eigenvalue weighted by atomic mass is 16.3. The zero-order chi connectivity index (χ0) is 20.7. The molecule has 3 aromatic carbocycles. The van der Waals surface area contributed by atoms with Crippen LogP contribution in [0, 0.1) is 5.41 Å². The van der Waals surface area contributed by atoms with Crippen molar-refractivity contribution in [1.82, 2.24) is 0 Å². The van der Waals surface area contributed by atoms with Crippen LogP contribution in [0.25, 0.3) is 0 Å². The van der Waals surface area contributed by atoms with Gasteiger partial charge in [0.15, 0.2) is 0 Å². The molecule has 3 atom stereocenters. The van der Waals surface area contributed by atoms with Gasteiger partial charge in [-0.15, -0.1) is 0 Å². The normalized spacial score (nSPS) is 16.6. The Kier molecular flexibility index (Phi) is 7.21. The number of hydrogen-bond donors (Lipinski definition) is 3. The fourth-order valence-corrected chi connectivity index (χ4v) is 3.84. The molecule has 3 heteroatoms. The van der Waals surface area contributed by atoms with Gasteiger partial charge < -0.3 is 15.3 Å². The first kappa shape index (κ1) is 21.3. The van der Waals surface area contributed by atoms with E-state index in [4.69, 9.17) is 0 Å². The number of rotatable bonds is 9. The van der Waals surface area contributed by atoms with Gasteiger partial charge in [0.2, 0.25) is 0 Å². The molecule has 0 aromatic heterocycles. The largest absolute Gasteiger partial charge is 0.392 e. The van der Waals surface area contributed by atoms with Crippen molar-refractivity contribution >= 4 is 0 Å². The molecular formula is C26H30O3. The Bertz CT molecular complexity index is 733. The predicted molar refractivity (Wildman–Crippen MR) is 117 cm³/mol. The molecule has 0 heterocycles. The lowest BCUT2D eigenvalue weighted by Crippen LogP contribution is -2.53. The predicted octanol–water partition coefficient (Wildman–Crippen LogP) is 3.80. The molecule has 3 nitrogen and oxygen atoms in total. The van der Waals surface area contributed by atoms with Gasteiger partial charge in [-0.3, -0.25) is 0 Å². The average Bonchev–Trinajstić information content (AvgIpc) is 2.75. The van der Waals surface area contributed by atoms with E-state index in [9.17, 15) is 15.3 Å². The summed E-state index contributed by atoms with van der Waals surface area (Å²) in [6.45, 7) is 1.79. The SMILES string of the molecule is CC(C(O)Cc1ccccc1)(C(O)Cc1ccccc1)C(O)Cc1ccccc1. The molecule has 152 valence electrons. The Morgan fingerprint density at radius 1 is 0.517 bits per heavy atom. The molecule has 0 aliphatic carbocycles. The molecule has 0 aliphatic heterocycles. The lowest BCUT2D eigenvalue weighted by Gasteiger charge is -2.43. The zero-order valence-electron chi connectivity index (χ0n) is 16.9. The molecule has 0 bridgehead atoms. The van der Waals surface area contributed by atoms with Crippen LogP contribution in [-0.2, 0) is 19.3 Å². The van der Waals surface area contributed by atoms with Gasteiger partial charge in [0.1, 0.15) is 0 Å². The number of aliphatic hydroxyl groups excluding tert-OH is 3. The molecule has 3 N–H and O–H groups in total. The van der Waals surface area contributed by atoms with Crippen LogP contribution in [0.3, 0.4) is 0 Å². The summed E-state index contributed by atoms with van der Waals surface area (Å²) < 4.78 is 0. The lowest BCUT2D eigenvalue weighted by molar-refractivity contribution is -0.127. The van der Waals surface area contributed by atoms with Crippen LogP contribution in [0.1, 0.15) is 23.6 Å². The van der Waals surface area contributed by atoms with E-state index in [1.807, 2.05) is 91.0 Å². The minimum atomic E-state index is -1.10. The van der Waals surface area contributed by atoms with E-state index in [1.54, 1.807) is 6.92 Å². The topological polar surface area (TPSA) is 60.7 Å². The first-order chi connectivity index (χ1) is 14.0. The van der Waals surface area contributed by atoms with E-state index in [1.165, 1.54) is 0 Å². The quantitative estimate of drug-likeness (QED) is 0.521. The van der Waals surface area contributed by atoms with Crippen molar-refractivity contribution in [3.63, 3.8) is 0 Å². The van der Waals surface area contributed by atoms with Gasteiger partial charge in [-0.1, -0.05) is 97.9 Å². The van der Waals surface area contributed by atoms with Gasteiger partial charge in [0.05, 0.1) is 18.3 Å². The lowest BCUT2D eigenvalue weighted by atomic mass is 9.69. The fourth-order valence-electron chi connectivity index (χ4n) is 3.84. The van der Waals surface area contributed by atoms with Crippen molar-refractivity contribution in [1.29, 1.82) is 0 Å². The summed E-state index contributed by atoms with van der Waals surface area (Å²) in [4.78, 5) is 0. The molecule has 3 unspecified atom stereocenters. The molecule has 0 spiro atoms. The van der Waals surface area contributed by atoms with Crippen LogP contribution < -0.4 is 0 Å². The Morgan fingerprint density at radius 2 is 0.759 bits per heavy atom. The number of benzene rings is 3. The van der Waals surface area contributed by atoms with Gasteiger partial charge in [-0.2, -0.15) is 0 Å². The van der Waals surface area contributed by atoms with E-state index in [2.05, 4.69) is 0 Å². The summed E-state index contributed by atoms with van der Waals surface area (Å²) in [6, 6.07) is 29.1. The van der Waals surface area contributed by atoms with E-state index in [-0.39, 0.29) is 0 Å². The summed E-state index contributed by atoms with van der Waals surface area (Å²) in [6.07, 6.45) is -1.59. The third-order valence-electron chi connectivity index (χ3n) is 5.97. The summed E-state index contributed by atoms with van der Waals surface area (Å²) in [7, 11) is 0. The molecule has 3 aromatic rings. The molecule has 0 radical (unpaired) electrons. The average molecular weight is 391 g/mol. The highest BCUT2D eigenvalue weighted by Gasteiger charge is 2.45. The second-order valence-electron chi connectivity index (χ2n) is 7.98. The smallest absolute Gasteiger partial charge is 0.0683 e. The van der Waals surface area contributed by atoms with Crippen LogP contribution in [0.15, 0.2) is 91.0 Å². The summed E-state index contributed by atoms with van der Waals surface area (Å²) in [5, 5.41) is 33.6. The Hall–Kier alpha value is -2.46. The molecular weight excluding hydrogens is 360 g/mol. The second kappa shape index (κ2) is 9.84. The Labute approximate surface area is 173 Å². The first-order valence-corrected chi connectivity index (χ1v) is 10.2. The third kappa shape index (κ3) is 5.33. The van der Waals surface area contributed by atoms with Crippen LogP contribution in [-0.4, -0.2) is 33.6 Å². The molecule has 0 saturated heterocycles. The molecule has 0 aliphatic rings. The summed E-state index contributed by atoms with van der Waals surface area (Å²) >= 11 is 0. The molecule has 0 fully saturated rings. The minimum Gasteiger partial charge on any atom is -0.392 e. The van der Waals surface area contributed by atoms with Crippen molar-refractivity contribution < 1.29 is 15.3 Å². The van der Waals surface area contributed by atoms with Gasteiger partial charge in [0.25, 0.3) is 0 Å². The van der Waals surface area contributed by atoms with E-state index >= 15 is 0 Å². The van der Waals surface area contributed by atoms with Crippen molar-refractivity contribution in [2.24, 2.45) is 5.41 Å². The van der Waals surface area contributed by atoms with E-state index in [0.29, 0.717) is 19.3 Å². The Morgan fingerprint density at radius 3 is 1.00 bits per heavy atom.